The minimum Gasteiger partial charge on any atom is -0.350 e. The van der Waals surface area contributed by atoms with Crippen LogP contribution in [0.25, 0.3) is 0 Å². The van der Waals surface area contributed by atoms with Gasteiger partial charge in [-0.1, -0.05) is 30.6 Å². The zero-order chi connectivity index (χ0) is 23.0. The first-order valence-corrected chi connectivity index (χ1v) is 12.5. The number of piperazine rings is 1. The Kier molecular flexibility index (Phi) is 8.35. The number of carbonyl (C=O) groups is 2. The Morgan fingerprint density at radius 2 is 1.64 bits per heavy atom. The summed E-state index contributed by atoms with van der Waals surface area (Å²) in [5.41, 5.74) is 0.446. The van der Waals surface area contributed by atoms with Crippen molar-refractivity contribution in [2.24, 2.45) is 0 Å². The van der Waals surface area contributed by atoms with Crippen LogP contribution in [0.2, 0.25) is 0 Å². The van der Waals surface area contributed by atoms with Gasteiger partial charge in [-0.05, 0) is 50.1 Å². The predicted molar refractivity (Wildman–Crippen MR) is 126 cm³/mol. The molecule has 0 unspecified atom stereocenters. The Morgan fingerprint density at radius 1 is 0.970 bits per heavy atom. The Balaban J connectivity index is 1.14. The summed E-state index contributed by atoms with van der Waals surface area (Å²) in [6.45, 7) is 5.98. The largest absolute Gasteiger partial charge is 0.350 e. The molecule has 2 N–H and O–H groups in total. The van der Waals surface area contributed by atoms with Crippen molar-refractivity contribution in [1.29, 1.82) is 0 Å². The van der Waals surface area contributed by atoms with Crippen LogP contribution in [0.1, 0.15) is 58.1 Å². The number of nitrogens with zero attached hydrogens (tertiary/aromatic N) is 4. The third-order valence-electron chi connectivity index (χ3n) is 6.35. The topological polar surface area (TPSA) is 90.5 Å². The predicted octanol–water partition coefficient (Wildman–Crippen LogP) is 3.00. The van der Waals surface area contributed by atoms with Crippen molar-refractivity contribution in [3.05, 3.63) is 40.1 Å². The molecule has 2 heterocycles. The summed E-state index contributed by atoms with van der Waals surface area (Å²) in [6, 6.07) is 6.21. The van der Waals surface area contributed by atoms with Gasteiger partial charge in [-0.25, -0.2) is 4.39 Å². The molecule has 2 aliphatic rings. The summed E-state index contributed by atoms with van der Waals surface area (Å²) < 4.78 is 13.0. The quantitative estimate of drug-likeness (QED) is 0.572. The molecule has 1 aliphatic heterocycles. The molecule has 1 aliphatic carbocycles. The molecule has 0 radical (unpaired) electrons. The third kappa shape index (κ3) is 6.78. The van der Waals surface area contributed by atoms with Crippen molar-refractivity contribution < 1.29 is 14.0 Å². The maximum atomic E-state index is 13.0. The van der Waals surface area contributed by atoms with E-state index >= 15 is 0 Å². The average Bonchev–Trinajstić information content (AvgIpc) is 3.35. The van der Waals surface area contributed by atoms with Crippen LogP contribution in [0.15, 0.2) is 24.3 Å². The van der Waals surface area contributed by atoms with E-state index < -0.39 is 5.91 Å². The van der Waals surface area contributed by atoms with E-state index in [0.717, 1.165) is 56.5 Å². The van der Waals surface area contributed by atoms with E-state index in [1.807, 2.05) is 0 Å². The highest BCUT2D eigenvalue weighted by Crippen LogP contribution is 2.23. The van der Waals surface area contributed by atoms with Gasteiger partial charge in [0.15, 0.2) is 0 Å². The highest BCUT2D eigenvalue weighted by atomic mass is 32.1. The van der Waals surface area contributed by atoms with Crippen molar-refractivity contribution in [3.8, 4) is 0 Å². The zero-order valence-electron chi connectivity index (χ0n) is 18.8. The smallest absolute Gasteiger partial charge is 0.286 e. The van der Waals surface area contributed by atoms with E-state index in [1.54, 1.807) is 0 Å². The third-order valence-corrected chi connectivity index (χ3v) is 7.27. The number of hydrogen-bond acceptors (Lipinski definition) is 7. The van der Waals surface area contributed by atoms with Crippen molar-refractivity contribution in [3.63, 3.8) is 0 Å². The molecule has 178 valence electrons. The zero-order valence-corrected chi connectivity index (χ0v) is 19.6. The Bertz CT molecular complexity index is 923. The lowest BCUT2D eigenvalue weighted by Gasteiger charge is -2.40. The van der Waals surface area contributed by atoms with Crippen LogP contribution in [-0.2, 0) is 0 Å². The van der Waals surface area contributed by atoms with Crippen molar-refractivity contribution >= 4 is 28.8 Å². The second-order valence-corrected chi connectivity index (χ2v) is 9.63. The van der Waals surface area contributed by atoms with E-state index in [0.29, 0.717) is 12.2 Å². The van der Waals surface area contributed by atoms with E-state index in [-0.39, 0.29) is 21.7 Å². The SMILES string of the molecule is O=C(NCCCN1CCN(C2CCCCC2)CC1)c1nnc(C(=O)Nc2ccc(F)cc2)s1. The molecule has 1 saturated carbocycles. The van der Waals surface area contributed by atoms with Crippen molar-refractivity contribution in [2.45, 2.75) is 44.6 Å². The van der Waals surface area contributed by atoms with Crippen LogP contribution >= 0.6 is 11.3 Å². The van der Waals surface area contributed by atoms with Gasteiger partial charge in [0.2, 0.25) is 10.0 Å². The van der Waals surface area contributed by atoms with Gasteiger partial charge in [0.25, 0.3) is 11.8 Å². The van der Waals surface area contributed by atoms with Gasteiger partial charge in [-0.15, -0.1) is 10.2 Å². The van der Waals surface area contributed by atoms with Crippen LogP contribution < -0.4 is 10.6 Å². The second-order valence-electron chi connectivity index (χ2n) is 8.65. The maximum Gasteiger partial charge on any atom is 0.286 e. The molecule has 1 aromatic carbocycles. The molecule has 0 bridgehead atoms. The van der Waals surface area contributed by atoms with Gasteiger partial charge >= 0.3 is 0 Å². The summed E-state index contributed by atoms with van der Waals surface area (Å²) in [7, 11) is 0. The molecule has 1 saturated heterocycles. The molecular formula is C23H31FN6O2S. The lowest BCUT2D eigenvalue weighted by atomic mass is 9.94. The van der Waals surface area contributed by atoms with Gasteiger partial charge in [0.1, 0.15) is 5.82 Å². The van der Waals surface area contributed by atoms with Crippen LogP contribution in [0.5, 0.6) is 0 Å². The molecule has 10 heteroatoms. The first-order valence-electron chi connectivity index (χ1n) is 11.7. The number of nitrogens with one attached hydrogen (secondary N) is 2. The number of benzene rings is 1. The number of rotatable bonds is 8. The van der Waals surface area contributed by atoms with Crippen LogP contribution in [0.3, 0.4) is 0 Å². The summed E-state index contributed by atoms with van der Waals surface area (Å²) in [5.74, 6) is -1.19. The highest BCUT2D eigenvalue weighted by molar-refractivity contribution is 7.15. The molecule has 0 atom stereocenters. The van der Waals surface area contributed by atoms with Crippen molar-refractivity contribution in [2.75, 3.05) is 44.6 Å². The molecule has 2 amide bonds. The molecule has 1 aromatic heterocycles. The lowest BCUT2D eigenvalue weighted by Crippen LogP contribution is -2.51. The molecule has 33 heavy (non-hydrogen) atoms. The van der Waals surface area contributed by atoms with Crippen LogP contribution in [-0.4, -0.2) is 77.1 Å². The Morgan fingerprint density at radius 3 is 2.33 bits per heavy atom. The number of aromatic nitrogens is 2. The van der Waals surface area contributed by atoms with Gasteiger partial charge in [-0.3, -0.25) is 14.5 Å². The minimum atomic E-state index is -0.481. The molecular weight excluding hydrogens is 443 g/mol. The molecule has 8 nitrogen and oxygen atoms in total. The van der Waals surface area contributed by atoms with Gasteiger partial charge in [-0.2, -0.15) is 0 Å². The number of carbonyl (C=O) groups excluding carboxylic acids is 2. The second kappa shape index (κ2) is 11.6. The number of halogens is 1. The first-order chi connectivity index (χ1) is 16.1. The molecule has 0 spiro atoms. The molecule has 2 aromatic rings. The van der Waals surface area contributed by atoms with E-state index in [9.17, 15) is 14.0 Å². The summed E-state index contributed by atoms with van der Waals surface area (Å²) in [5, 5.41) is 13.4. The number of hydrogen-bond donors (Lipinski definition) is 2. The first kappa shape index (κ1) is 23.7. The monoisotopic (exact) mass is 474 g/mol. The van der Waals surface area contributed by atoms with Crippen molar-refractivity contribution in [1.82, 2.24) is 25.3 Å². The minimum absolute atomic E-state index is 0.0836. The normalized spacial score (nSPS) is 18.2. The van der Waals surface area contributed by atoms with Gasteiger partial charge in [0.05, 0.1) is 0 Å². The molecule has 2 fully saturated rings. The van der Waals surface area contributed by atoms with Crippen LogP contribution in [0.4, 0.5) is 10.1 Å². The fourth-order valence-electron chi connectivity index (χ4n) is 4.50. The highest BCUT2D eigenvalue weighted by Gasteiger charge is 2.25. The Labute approximate surface area is 197 Å². The number of anilines is 1. The van der Waals surface area contributed by atoms with Gasteiger partial charge in [0, 0.05) is 44.5 Å². The fourth-order valence-corrected chi connectivity index (χ4v) is 5.16. The summed E-state index contributed by atoms with van der Waals surface area (Å²) in [4.78, 5) is 29.7. The van der Waals surface area contributed by atoms with Crippen LogP contribution in [0, 0.1) is 5.82 Å². The van der Waals surface area contributed by atoms with Gasteiger partial charge < -0.3 is 15.5 Å². The average molecular weight is 475 g/mol. The summed E-state index contributed by atoms with van der Waals surface area (Å²) >= 11 is 0.935. The number of amides is 2. The Hall–Kier alpha value is -2.43. The van der Waals surface area contributed by atoms with E-state index in [2.05, 4.69) is 30.6 Å². The lowest BCUT2D eigenvalue weighted by molar-refractivity contribution is 0.0779. The summed E-state index contributed by atoms with van der Waals surface area (Å²) in [6.07, 6.45) is 7.72. The standard InChI is InChI=1S/C23H31FN6O2S/c24-17-7-9-18(10-8-17)26-21(32)23-28-27-22(33-23)20(31)25-11-4-12-29-13-15-30(16-14-29)19-5-2-1-3-6-19/h7-10,19H,1-6,11-16H2,(H,25,31)(H,26,32). The molecule has 4 rings (SSSR count). The van der Waals surface area contributed by atoms with E-state index in [1.165, 1.54) is 56.4 Å². The maximum absolute atomic E-state index is 13.0. The van der Waals surface area contributed by atoms with E-state index in [4.69, 9.17) is 0 Å². The fraction of sp³-hybridized carbons (Fsp3) is 0.565.